The third-order valence-corrected chi connectivity index (χ3v) is 6.26. The third-order valence-electron chi connectivity index (χ3n) is 6.26. The summed E-state index contributed by atoms with van der Waals surface area (Å²) in [5, 5.41) is 6.39. The van der Waals surface area contributed by atoms with Crippen LogP contribution in [0.3, 0.4) is 0 Å². The SMILES string of the molecule is O=C(COc1cccc2c1C(=O)N(C1CCC(=O)NC1=O)C2=O)NCCOCCOCCOCCOCCNC(=O)C(F)(F)F. The fraction of sp³-hybridized carbons (Fsp3) is 0.556. The highest BCUT2D eigenvalue weighted by Gasteiger charge is 2.46. The van der Waals surface area contributed by atoms with Crippen molar-refractivity contribution in [3.63, 3.8) is 0 Å². The van der Waals surface area contributed by atoms with Crippen molar-refractivity contribution >= 4 is 35.4 Å². The molecular formula is C27H33F3N4O11. The molecule has 248 valence electrons. The van der Waals surface area contributed by atoms with E-state index in [1.54, 1.807) is 5.32 Å². The molecule has 2 aliphatic rings. The predicted molar refractivity (Wildman–Crippen MR) is 144 cm³/mol. The van der Waals surface area contributed by atoms with Crippen molar-refractivity contribution in [1.82, 2.24) is 20.9 Å². The summed E-state index contributed by atoms with van der Waals surface area (Å²) >= 11 is 0. The van der Waals surface area contributed by atoms with Gasteiger partial charge in [0.2, 0.25) is 11.8 Å². The number of benzene rings is 1. The summed E-state index contributed by atoms with van der Waals surface area (Å²) in [6, 6.07) is 3.22. The molecule has 1 aromatic rings. The van der Waals surface area contributed by atoms with Crippen molar-refractivity contribution < 1.29 is 65.6 Å². The molecule has 0 aromatic heterocycles. The standard InChI is InChI=1S/C27H33F3N4O11/c28-27(29,30)26(40)32-7-9-42-11-13-44-15-14-43-12-10-41-8-6-31-21(36)16-45-19-3-1-2-17-22(19)25(39)34(24(17)38)18-4-5-20(35)33-23(18)37/h1-3,18H,4-16H2,(H,31,36)(H,32,40)(H,33,35,37). The number of hydrogen-bond acceptors (Lipinski definition) is 11. The predicted octanol–water partition coefficient (Wildman–Crippen LogP) is -0.672. The van der Waals surface area contributed by atoms with Gasteiger partial charge in [0.1, 0.15) is 11.8 Å². The fourth-order valence-electron chi connectivity index (χ4n) is 4.16. The molecule has 45 heavy (non-hydrogen) atoms. The van der Waals surface area contributed by atoms with Crippen LogP contribution in [0.25, 0.3) is 0 Å². The second-order valence-corrected chi connectivity index (χ2v) is 9.47. The summed E-state index contributed by atoms with van der Waals surface area (Å²) in [4.78, 5) is 73.2. The van der Waals surface area contributed by atoms with Gasteiger partial charge in [-0.2, -0.15) is 13.2 Å². The Bertz CT molecular complexity index is 1240. The molecule has 2 heterocycles. The fourth-order valence-corrected chi connectivity index (χ4v) is 4.16. The lowest BCUT2D eigenvalue weighted by Crippen LogP contribution is -2.54. The van der Waals surface area contributed by atoms with E-state index >= 15 is 0 Å². The van der Waals surface area contributed by atoms with Gasteiger partial charge in [0.15, 0.2) is 6.61 Å². The zero-order valence-electron chi connectivity index (χ0n) is 24.1. The van der Waals surface area contributed by atoms with E-state index in [0.29, 0.717) is 0 Å². The number of carbonyl (C=O) groups is 6. The van der Waals surface area contributed by atoms with Crippen LogP contribution in [0.2, 0.25) is 0 Å². The minimum atomic E-state index is -4.92. The van der Waals surface area contributed by atoms with Crippen LogP contribution in [0.15, 0.2) is 18.2 Å². The van der Waals surface area contributed by atoms with Gasteiger partial charge in [-0.1, -0.05) is 6.07 Å². The molecule has 0 saturated carbocycles. The molecule has 15 nitrogen and oxygen atoms in total. The molecule has 0 bridgehead atoms. The number of imide groups is 2. The number of ether oxygens (including phenoxy) is 5. The minimum Gasteiger partial charge on any atom is -0.483 e. The van der Waals surface area contributed by atoms with E-state index in [-0.39, 0.29) is 95.7 Å². The molecule has 1 saturated heterocycles. The van der Waals surface area contributed by atoms with E-state index < -0.39 is 54.3 Å². The van der Waals surface area contributed by atoms with E-state index in [9.17, 15) is 41.9 Å². The molecule has 1 fully saturated rings. The van der Waals surface area contributed by atoms with Gasteiger partial charge in [-0.05, 0) is 18.6 Å². The van der Waals surface area contributed by atoms with E-state index in [2.05, 4.69) is 10.6 Å². The van der Waals surface area contributed by atoms with Gasteiger partial charge in [0, 0.05) is 19.5 Å². The summed E-state index contributed by atoms with van der Waals surface area (Å²) < 4.78 is 62.5. The number of rotatable bonds is 19. The molecule has 18 heteroatoms. The number of amides is 6. The Morgan fingerprint density at radius 2 is 1.42 bits per heavy atom. The number of nitrogens with zero attached hydrogens (tertiary/aromatic N) is 1. The lowest BCUT2D eigenvalue weighted by atomic mass is 10.0. The number of alkyl halides is 3. The minimum absolute atomic E-state index is 0.00855. The van der Waals surface area contributed by atoms with E-state index in [1.807, 2.05) is 0 Å². The zero-order valence-corrected chi connectivity index (χ0v) is 24.1. The third kappa shape index (κ3) is 10.8. The molecule has 2 aliphatic heterocycles. The number of carbonyl (C=O) groups excluding carboxylic acids is 6. The second-order valence-electron chi connectivity index (χ2n) is 9.47. The second kappa shape index (κ2) is 17.4. The first-order chi connectivity index (χ1) is 21.5. The molecule has 6 amide bonds. The van der Waals surface area contributed by atoms with E-state index in [1.165, 1.54) is 18.2 Å². The highest BCUT2D eigenvalue weighted by atomic mass is 19.4. The molecule has 1 unspecified atom stereocenters. The largest absolute Gasteiger partial charge is 0.483 e. The van der Waals surface area contributed by atoms with Crippen LogP contribution in [0.1, 0.15) is 33.6 Å². The van der Waals surface area contributed by atoms with Crippen molar-refractivity contribution in [2.75, 3.05) is 72.6 Å². The van der Waals surface area contributed by atoms with Crippen LogP contribution >= 0.6 is 0 Å². The van der Waals surface area contributed by atoms with Crippen LogP contribution in [0.4, 0.5) is 13.2 Å². The first-order valence-corrected chi connectivity index (χ1v) is 13.9. The Morgan fingerprint density at radius 1 is 0.844 bits per heavy atom. The lowest BCUT2D eigenvalue weighted by Gasteiger charge is -2.27. The number of nitrogens with one attached hydrogen (secondary N) is 3. The summed E-state index contributed by atoms with van der Waals surface area (Å²) in [5.41, 5.74) is -0.0238. The van der Waals surface area contributed by atoms with E-state index in [4.69, 9.17) is 23.7 Å². The van der Waals surface area contributed by atoms with Crippen LogP contribution in [-0.4, -0.2) is 125 Å². The van der Waals surface area contributed by atoms with Crippen molar-refractivity contribution in [3.8, 4) is 5.75 Å². The molecule has 0 aliphatic carbocycles. The maximum Gasteiger partial charge on any atom is 0.471 e. The van der Waals surface area contributed by atoms with Crippen molar-refractivity contribution in [1.29, 1.82) is 0 Å². The van der Waals surface area contributed by atoms with Gasteiger partial charge < -0.3 is 34.3 Å². The van der Waals surface area contributed by atoms with Crippen LogP contribution in [0.5, 0.6) is 5.75 Å². The summed E-state index contributed by atoms with van der Waals surface area (Å²) in [5.74, 6) is -5.15. The van der Waals surface area contributed by atoms with Gasteiger partial charge in [0.25, 0.3) is 17.7 Å². The van der Waals surface area contributed by atoms with Gasteiger partial charge in [-0.15, -0.1) is 0 Å². The maximum absolute atomic E-state index is 13.1. The molecule has 3 N–H and O–H groups in total. The Kier molecular flexibility index (Phi) is 13.7. The summed E-state index contributed by atoms with van der Waals surface area (Å²) in [7, 11) is 0. The number of piperidine rings is 1. The zero-order chi connectivity index (χ0) is 32.8. The van der Waals surface area contributed by atoms with Crippen LogP contribution < -0.4 is 20.7 Å². The smallest absolute Gasteiger partial charge is 0.471 e. The number of halogens is 3. The molecule has 3 rings (SSSR count). The highest BCUT2D eigenvalue weighted by Crippen LogP contribution is 2.33. The van der Waals surface area contributed by atoms with E-state index in [0.717, 1.165) is 4.90 Å². The summed E-state index contributed by atoms with van der Waals surface area (Å²) in [6.45, 7) is 0.900. The van der Waals surface area contributed by atoms with Crippen molar-refractivity contribution in [2.45, 2.75) is 25.1 Å². The van der Waals surface area contributed by atoms with Crippen LogP contribution in [-0.2, 0) is 38.1 Å². The van der Waals surface area contributed by atoms with Crippen molar-refractivity contribution in [2.24, 2.45) is 0 Å². The average molecular weight is 647 g/mol. The van der Waals surface area contributed by atoms with Gasteiger partial charge in [0.05, 0.1) is 64.0 Å². The highest BCUT2D eigenvalue weighted by molar-refractivity contribution is 6.24. The normalized spacial score (nSPS) is 16.4. The monoisotopic (exact) mass is 646 g/mol. The Balaban J connectivity index is 1.20. The Hall–Kier alpha value is -4.13. The maximum atomic E-state index is 13.1. The number of hydrogen-bond donors (Lipinski definition) is 3. The van der Waals surface area contributed by atoms with Crippen LogP contribution in [0, 0.1) is 0 Å². The Morgan fingerprint density at radius 3 is 2.00 bits per heavy atom. The van der Waals surface area contributed by atoms with Gasteiger partial charge in [-0.25, -0.2) is 0 Å². The molecule has 1 atom stereocenters. The Labute approximate surface area is 255 Å². The average Bonchev–Trinajstić information content (AvgIpc) is 3.24. The summed E-state index contributed by atoms with van der Waals surface area (Å²) in [6.07, 6.45) is -4.92. The van der Waals surface area contributed by atoms with Gasteiger partial charge >= 0.3 is 12.1 Å². The number of fused-ring (bicyclic) bond motifs is 1. The quantitative estimate of drug-likeness (QED) is 0.128. The molecule has 1 aromatic carbocycles. The molecule has 0 spiro atoms. The van der Waals surface area contributed by atoms with Crippen molar-refractivity contribution in [3.05, 3.63) is 29.3 Å². The topological polar surface area (TPSA) is 188 Å². The van der Waals surface area contributed by atoms with Gasteiger partial charge in [-0.3, -0.25) is 39.0 Å². The molecular weight excluding hydrogens is 613 g/mol. The molecule has 0 radical (unpaired) electrons. The first kappa shape index (κ1) is 35.4. The lowest BCUT2D eigenvalue weighted by molar-refractivity contribution is -0.173. The first-order valence-electron chi connectivity index (χ1n) is 13.9.